The number of aryl methyl sites for hydroxylation is 1. The molecule has 0 fully saturated rings. The molecule has 1 aromatic carbocycles. The van der Waals surface area contributed by atoms with Gasteiger partial charge in [0.2, 0.25) is 5.91 Å². The van der Waals surface area contributed by atoms with E-state index >= 15 is 0 Å². The topological polar surface area (TPSA) is 46.9 Å². The van der Waals surface area contributed by atoms with Gasteiger partial charge in [0.1, 0.15) is 6.54 Å². The number of aromatic nitrogens is 2. The first-order valence-corrected chi connectivity index (χ1v) is 9.34. The number of amides is 1. The van der Waals surface area contributed by atoms with Crippen molar-refractivity contribution in [2.45, 2.75) is 20.0 Å². The molecule has 0 saturated carbocycles. The summed E-state index contributed by atoms with van der Waals surface area (Å²) in [6.45, 7) is 2.82. The molecule has 130 valence electrons. The van der Waals surface area contributed by atoms with Crippen molar-refractivity contribution in [2.75, 3.05) is 0 Å². The van der Waals surface area contributed by atoms with Gasteiger partial charge in [-0.3, -0.25) is 9.78 Å². The Morgan fingerprint density at radius 3 is 2.73 bits per heavy atom. The average molecular weight is 361 g/mol. The summed E-state index contributed by atoms with van der Waals surface area (Å²) in [5.41, 5.74) is 3.01. The van der Waals surface area contributed by atoms with Crippen LogP contribution in [0.4, 0.5) is 0 Å². The predicted octanol–water partition coefficient (Wildman–Crippen LogP) is 4.39. The quantitative estimate of drug-likeness (QED) is 0.573. The zero-order valence-electron chi connectivity index (χ0n) is 14.5. The summed E-state index contributed by atoms with van der Waals surface area (Å²) in [5, 5.41) is 4.11. The van der Waals surface area contributed by atoms with Crippen LogP contribution in [0.25, 0.3) is 21.5 Å². The lowest BCUT2D eigenvalue weighted by atomic mass is 10.2. The van der Waals surface area contributed by atoms with Gasteiger partial charge in [-0.2, -0.15) is 0 Å². The number of para-hydroxylation sites is 1. The largest absolute Gasteiger partial charge is 0.349 e. The maximum absolute atomic E-state index is 12.6. The SMILES string of the molecule is Cc1ccc(-c2cc3ccccc3n2CC(=O)NCc2ccccn2)s1. The van der Waals surface area contributed by atoms with E-state index in [0.29, 0.717) is 6.54 Å². The van der Waals surface area contributed by atoms with Crippen molar-refractivity contribution in [3.8, 4) is 10.6 Å². The van der Waals surface area contributed by atoms with Gasteiger partial charge in [-0.25, -0.2) is 0 Å². The molecule has 0 aliphatic carbocycles. The van der Waals surface area contributed by atoms with Crippen molar-refractivity contribution >= 4 is 28.1 Å². The van der Waals surface area contributed by atoms with E-state index in [1.54, 1.807) is 17.5 Å². The Morgan fingerprint density at radius 2 is 1.96 bits per heavy atom. The Morgan fingerprint density at radius 1 is 1.12 bits per heavy atom. The third-order valence-corrected chi connectivity index (χ3v) is 5.32. The number of carbonyl (C=O) groups excluding carboxylic acids is 1. The van der Waals surface area contributed by atoms with Crippen molar-refractivity contribution < 1.29 is 4.79 Å². The molecule has 0 saturated heterocycles. The normalized spacial score (nSPS) is 11.0. The molecule has 4 rings (SSSR count). The molecule has 1 N–H and O–H groups in total. The molecule has 1 amide bonds. The molecule has 0 spiro atoms. The Hall–Kier alpha value is -2.92. The van der Waals surface area contributed by atoms with Crippen LogP contribution in [-0.2, 0) is 17.9 Å². The Balaban J connectivity index is 1.61. The van der Waals surface area contributed by atoms with Gasteiger partial charge in [0.15, 0.2) is 0 Å². The van der Waals surface area contributed by atoms with Crippen LogP contribution in [0.2, 0.25) is 0 Å². The molecule has 5 heteroatoms. The minimum atomic E-state index is -0.0217. The molecule has 0 aliphatic heterocycles. The molecule has 4 nitrogen and oxygen atoms in total. The lowest BCUT2D eigenvalue weighted by molar-refractivity contribution is -0.121. The van der Waals surface area contributed by atoms with Gasteiger partial charge < -0.3 is 9.88 Å². The van der Waals surface area contributed by atoms with E-state index in [0.717, 1.165) is 22.3 Å². The standard InChI is InChI=1S/C21H19N3OS/c1-15-9-10-20(26-15)19-12-16-6-2-3-8-18(16)24(19)14-21(25)23-13-17-7-4-5-11-22-17/h2-12H,13-14H2,1H3,(H,23,25). The van der Waals surface area contributed by atoms with Crippen LogP contribution in [0.5, 0.6) is 0 Å². The molecule has 3 heterocycles. The number of benzene rings is 1. The second-order valence-corrected chi connectivity index (χ2v) is 7.47. The number of nitrogens with zero attached hydrogens (tertiary/aromatic N) is 2. The maximum Gasteiger partial charge on any atom is 0.240 e. The summed E-state index contributed by atoms with van der Waals surface area (Å²) in [4.78, 5) is 19.2. The molecule has 0 radical (unpaired) electrons. The highest BCUT2D eigenvalue weighted by Gasteiger charge is 2.14. The summed E-state index contributed by atoms with van der Waals surface area (Å²) < 4.78 is 2.09. The van der Waals surface area contributed by atoms with E-state index in [4.69, 9.17) is 0 Å². The minimum Gasteiger partial charge on any atom is -0.349 e. The zero-order valence-corrected chi connectivity index (χ0v) is 15.3. The van der Waals surface area contributed by atoms with Crippen molar-refractivity contribution in [2.24, 2.45) is 0 Å². The zero-order chi connectivity index (χ0) is 17.9. The molecular weight excluding hydrogens is 342 g/mol. The van der Waals surface area contributed by atoms with Gasteiger partial charge in [0.05, 0.1) is 22.8 Å². The van der Waals surface area contributed by atoms with Crippen LogP contribution in [0.3, 0.4) is 0 Å². The number of hydrogen-bond donors (Lipinski definition) is 1. The molecule has 26 heavy (non-hydrogen) atoms. The molecule has 0 bridgehead atoms. The Labute approximate surface area is 156 Å². The van der Waals surface area contributed by atoms with E-state index in [-0.39, 0.29) is 12.5 Å². The van der Waals surface area contributed by atoms with Gasteiger partial charge >= 0.3 is 0 Å². The van der Waals surface area contributed by atoms with Crippen LogP contribution in [-0.4, -0.2) is 15.5 Å². The first kappa shape index (κ1) is 16.5. The molecule has 0 unspecified atom stereocenters. The highest BCUT2D eigenvalue weighted by atomic mass is 32.1. The van der Waals surface area contributed by atoms with Gasteiger partial charge in [-0.05, 0) is 43.3 Å². The Bertz CT molecular complexity index is 1050. The molecule has 0 aliphatic rings. The van der Waals surface area contributed by atoms with Gasteiger partial charge in [0.25, 0.3) is 0 Å². The third kappa shape index (κ3) is 3.39. The fourth-order valence-electron chi connectivity index (χ4n) is 3.05. The van der Waals surface area contributed by atoms with E-state index in [2.05, 4.69) is 52.1 Å². The fraction of sp³-hybridized carbons (Fsp3) is 0.143. The Kier molecular flexibility index (Phi) is 4.54. The number of carbonyl (C=O) groups is 1. The first-order valence-electron chi connectivity index (χ1n) is 8.52. The van der Waals surface area contributed by atoms with Crippen molar-refractivity contribution in [3.05, 3.63) is 77.4 Å². The van der Waals surface area contributed by atoms with Crippen molar-refractivity contribution in [1.82, 2.24) is 14.9 Å². The summed E-state index contributed by atoms with van der Waals surface area (Å²) in [6, 6.07) is 20.3. The van der Waals surface area contributed by atoms with Crippen LogP contribution >= 0.6 is 11.3 Å². The second kappa shape index (κ2) is 7.14. The minimum absolute atomic E-state index is 0.0217. The van der Waals surface area contributed by atoms with Crippen LogP contribution in [0.15, 0.2) is 66.9 Å². The highest BCUT2D eigenvalue weighted by Crippen LogP contribution is 2.32. The summed E-state index contributed by atoms with van der Waals surface area (Å²) >= 11 is 1.75. The van der Waals surface area contributed by atoms with Gasteiger partial charge in [-0.15, -0.1) is 11.3 Å². The number of hydrogen-bond acceptors (Lipinski definition) is 3. The summed E-state index contributed by atoms with van der Waals surface area (Å²) in [7, 11) is 0. The number of thiophene rings is 1. The van der Waals surface area contributed by atoms with E-state index in [1.807, 2.05) is 30.3 Å². The van der Waals surface area contributed by atoms with E-state index < -0.39 is 0 Å². The first-order chi connectivity index (χ1) is 12.7. The highest BCUT2D eigenvalue weighted by molar-refractivity contribution is 7.15. The number of nitrogens with one attached hydrogen (secondary N) is 1. The summed E-state index contributed by atoms with van der Waals surface area (Å²) in [6.07, 6.45) is 1.73. The third-order valence-electron chi connectivity index (χ3n) is 4.30. The predicted molar refractivity (Wildman–Crippen MR) is 106 cm³/mol. The van der Waals surface area contributed by atoms with Gasteiger partial charge in [0, 0.05) is 22.0 Å². The second-order valence-electron chi connectivity index (χ2n) is 6.18. The van der Waals surface area contributed by atoms with Crippen LogP contribution < -0.4 is 5.32 Å². The number of pyridine rings is 1. The monoisotopic (exact) mass is 361 g/mol. The van der Waals surface area contributed by atoms with Crippen molar-refractivity contribution in [3.63, 3.8) is 0 Å². The van der Waals surface area contributed by atoms with Crippen LogP contribution in [0, 0.1) is 6.92 Å². The maximum atomic E-state index is 12.6. The average Bonchev–Trinajstić information content (AvgIpc) is 3.25. The van der Waals surface area contributed by atoms with E-state index in [1.165, 1.54) is 9.75 Å². The molecule has 4 aromatic rings. The lowest BCUT2D eigenvalue weighted by Crippen LogP contribution is -2.27. The number of fused-ring (bicyclic) bond motifs is 1. The lowest BCUT2D eigenvalue weighted by Gasteiger charge is -2.10. The smallest absolute Gasteiger partial charge is 0.240 e. The van der Waals surface area contributed by atoms with Gasteiger partial charge in [-0.1, -0.05) is 24.3 Å². The van der Waals surface area contributed by atoms with Crippen molar-refractivity contribution in [1.29, 1.82) is 0 Å². The summed E-state index contributed by atoms with van der Waals surface area (Å²) in [5.74, 6) is -0.0217. The number of rotatable bonds is 5. The molecular formula is C21H19N3OS. The van der Waals surface area contributed by atoms with E-state index in [9.17, 15) is 4.79 Å². The molecule has 3 aromatic heterocycles. The van der Waals surface area contributed by atoms with Crippen LogP contribution in [0.1, 0.15) is 10.6 Å². The molecule has 0 atom stereocenters. The fourth-order valence-corrected chi connectivity index (χ4v) is 3.94.